The largest absolute Gasteiger partial charge is 0.383 e. The Hall–Kier alpha value is -2.09. The zero-order valence-corrected chi connectivity index (χ0v) is 18.8. The van der Waals surface area contributed by atoms with Crippen molar-refractivity contribution in [3.8, 4) is 5.69 Å². The van der Waals surface area contributed by atoms with E-state index in [4.69, 9.17) is 16.3 Å². The van der Waals surface area contributed by atoms with Gasteiger partial charge in [-0.15, -0.1) is 10.2 Å². The lowest BCUT2D eigenvalue weighted by atomic mass is 10.2. The topological polar surface area (TPSA) is 61.9 Å². The maximum Gasteiger partial charge on any atom is 0.196 e. The summed E-state index contributed by atoms with van der Waals surface area (Å²) in [6, 6.07) is 7.91. The van der Waals surface area contributed by atoms with E-state index in [0.29, 0.717) is 16.8 Å². The lowest BCUT2D eigenvalue weighted by Crippen LogP contribution is -2.14. The molecule has 29 heavy (non-hydrogen) atoms. The molecule has 0 aliphatic rings. The van der Waals surface area contributed by atoms with Gasteiger partial charge in [0, 0.05) is 29.1 Å². The minimum absolute atomic E-state index is 0.0652. The molecule has 2 heterocycles. The van der Waals surface area contributed by atoms with E-state index < -0.39 is 0 Å². The molecule has 0 saturated heterocycles. The SMILES string of the molecule is COCC(C)n1c(C)cc(C(=O)CSc2nncn2-c2ccc(C)c(Cl)c2)c1C. The average molecular weight is 433 g/mol. The molecule has 0 amide bonds. The maximum atomic E-state index is 12.9. The number of hydrogen-bond acceptors (Lipinski definition) is 5. The zero-order valence-electron chi connectivity index (χ0n) is 17.3. The third-order valence-corrected chi connectivity index (χ3v) is 6.27. The van der Waals surface area contributed by atoms with Crippen LogP contribution in [0.3, 0.4) is 0 Å². The Morgan fingerprint density at radius 2 is 2.03 bits per heavy atom. The van der Waals surface area contributed by atoms with Gasteiger partial charge in [0.25, 0.3) is 0 Å². The number of carbonyl (C=O) groups excluding carboxylic acids is 1. The Kier molecular flexibility index (Phi) is 6.82. The number of rotatable bonds is 8. The van der Waals surface area contributed by atoms with Crippen molar-refractivity contribution in [1.82, 2.24) is 19.3 Å². The summed E-state index contributed by atoms with van der Waals surface area (Å²) in [5, 5.41) is 9.50. The minimum Gasteiger partial charge on any atom is -0.383 e. The normalized spacial score (nSPS) is 12.3. The van der Waals surface area contributed by atoms with E-state index in [1.54, 1.807) is 13.4 Å². The van der Waals surface area contributed by atoms with E-state index in [-0.39, 0.29) is 17.6 Å². The number of thioether (sulfide) groups is 1. The summed E-state index contributed by atoms with van der Waals surface area (Å²) in [5.41, 5.74) is 4.63. The lowest BCUT2D eigenvalue weighted by molar-refractivity contribution is 0.102. The smallest absolute Gasteiger partial charge is 0.196 e. The molecule has 3 aromatic rings. The van der Waals surface area contributed by atoms with Crippen molar-refractivity contribution in [3.63, 3.8) is 0 Å². The average Bonchev–Trinajstić information content (AvgIpc) is 3.26. The first-order valence-corrected chi connectivity index (χ1v) is 10.7. The van der Waals surface area contributed by atoms with Crippen LogP contribution in [0.4, 0.5) is 0 Å². The molecular weight excluding hydrogens is 408 g/mol. The van der Waals surface area contributed by atoms with Crippen LogP contribution < -0.4 is 0 Å². The van der Waals surface area contributed by atoms with Gasteiger partial charge in [-0.1, -0.05) is 29.4 Å². The molecule has 1 atom stereocenters. The van der Waals surface area contributed by atoms with Crippen molar-refractivity contribution in [3.05, 3.63) is 58.1 Å². The van der Waals surface area contributed by atoms with Crippen LogP contribution in [0.2, 0.25) is 5.02 Å². The highest BCUT2D eigenvalue weighted by Crippen LogP contribution is 2.26. The summed E-state index contributed by atoms with van der Waals surface area (Å²) < 4.78 is 9.26. The van der Waals surface area contributed by atoms with Gasteiger partial charge in [0.05, 0.1) is 24.1 Å². The Bertz CT molecular complexity index is 1030. The molecular formula is C21H25ClN4O2S. The molecule has 154 valence electrons. The highest BCUT2D eigenvalue weighted by Gasteiger charge is 2.20. The summed E-state index contributed by atoms with van der Waals surface area (Å²) in [4.78, 5) is 12.9. The number of methoxy groups -OCH3 is 1. The van der Waals surface area contributed by atoms with Crippen LogP contribution in [-0.4, -0.2) is 44.6 Å². The molecule has 1 aromatic carbocycles. The molecule has 8 heteroatoms. The number of Topliss-reactive ketones (excluding diaryl/α,β-unsaturated/α-hetero) is 1. The summed E-state index contributed by atoms with van der Waals surface area (Å²) in [6.07, 6.45) is 1.63. The van der Waals surface area contributed by atoms with Gasteiger partial charge in [0.2, 0.25) is 0 Å². The summed E-state index contributed by atoms with van der Waals surface area (Å²) in [5.74, 6) is 0.344. The molecule has 6 nitrogen and oxygen atoms in total. The van der Waals surface area contributed by atoms with Gasteiger partial charge >= 0.3 is 0 Å². The van der Waals surface area contributed by atoms with Gasteiger partial charge in [-0.2, -0.15) is 0 Å². The molecule has 0 fully saturated rings. The Balaban J connectivity index is 1.77. The third-order valence-electron chi connectivity index (χ3n) is 4.92. The monoisotopic (exact) mass is 432 g/mol. The van der Waals surface area contributed by atoms with Gasteiger partial charge in [0.15, 0.2) is 10.9 Å². The highest BCUT2D eigenvalue weighted by molar-refractivity contribution is 7.99. The molecule has 2 aromatic heterocycles. The number of ether oxygens (including phenoxy) is 1. The first-order chi connectivity index (χ1) is 13.8. The number of ketones is 1. The summed E-state index contributed by atoms with van der Waals surface area (Å²) in [7, 11) is 1.69. The van der Waals surface area contributed by atoms with E-state index in [1.807, 2.05) is 49.6 Å². The van der Waals surface area contributed by atoms with Gasteiger partial charge in [-0.05, 0) is 51.5 Å². The zero-order chi connectivity index (χ0) is 21.1. The van der Waals surface area contributed by atoms with E-state index in [9.17, 15) is 4.79 Å². The summed E-state index contributed by atoms with van der Waals surface area (Å²) in [6.45, 7) is 8.63. The van der Waals surface area contributed by atoms with Crippen LogP contribution in [0, 0.1) is 20.8 Å². The van der Waals surface area contributed by atoms with Crippen molar-refractivity contribution in [1.29, 1.82) is 0 Å². The fourth-order valence-electron chi connectivity index (χ4n) is 3.49. The van der Waals surface area contributed by atoms with Crippen LogP contribution >= 0.6 is 23.4 Å². The van der Waals surface area contributed by atoms with Crippen LogP contribution in [0.25, 0.3) is 5.69 Å². The van der Waals surface area contributed by atoms with Crippen molar-refractivity contribution >= 4 is 29.1 Å². The van der Waals surface area contributed by atoms with Crippen LogP contribution in [0.1, 0.15) is 40.3 Å². The predicted octanol–water partition coefficient (Wildman–Crippen LogP) is 4.83. The minimum atomic E-state index is 0.0652. The molecule has 0 aliphatic carbocycles. The Morgan fingerprint density at radius 3 is 2.72 bits per heavy atom. The number of halogens is 1. The second kappa shape index (κ2) is 9.15. The molecule has 0 radical (unpaired) electrons. The van der Waals surface area contributed by atoms with E-state index in [1.165, 1.54) is 11.8 Å². The number of aryl methyl sites for hydroxylation is 2. The third kappa shape index (κ3) is 4.57. The van der Waals surface area contributed by atoms with Gasteiger partial charge < -0.3 is 9.30 Å². The quantitative estimate of drug-likeness (QED) is 0.377. The molecule has 0 aliphatic heterocycles. The number of nitrogens with zero attached hydrogens (tertiary/aromatic N) is 4. The van der Waals surface area contributed by atoms with Crippen molar-refractivity contribution in [2.75, 3.05) is 19.5 Å². The molecule has 0 spiro atoms. The van der Waals surface area contributed by atoms with Crippen LogP contribution in [-0.2, 0) is 4.74 Å². The van der Waals surface area contributed by atoms with Crippen LogP contribution in [0.15, 0.2) is 35.7 Å². The molecule has 3 rings (SSSR count). The first kappa shape index (κ1) is 21.6. The van der Waals surface area contributed by atoms with E-state index >= 15 is 0 Å². The fraction of sp³-hybridized carbons (Fsp3) is 0.381. The standard InChI is InChI=1S/C21H25ClN4O2S/c1-13-6-7-17(9-19(13)22)25-12-23-24-21(25)29-11-20(27)18-8-14(2)26(16(18)4)15(3)10-28-5/h6-9,12,15H,10-11H2,1-5H3. The predicted molar refractivity (Wildman–Crippen MR) is 117 cm³/mol. The Morgan fingerprint density at radius 1 is 1.28 bits per heavy atom. The number of benzene rings is 1. The molecule has 0 saturated carbocycles. The van der Waals surface area contributed by atoms with Gasteiger partial charge in [0.1, 0.15) is 6.33 Å². The highest BCUT2D eigenvalue weighted by atomic mass is 35.5. The molecule has 1 unspecified atom stereocenters. The molecule has 0 N–H and O–H groups in total. The van der Waals surface area contributed by atoms with E-state index in [0.717, 1.165) is 28.2 Å². The fourth-order valence-corrected chi connectivity index (χ4v) is 4.48. The first-order valence-electron chi connectivity index (χ1n) is 9.33. The molecule has 0 bridgehead atoms. The van der Waals surface area contributed by atoms with Gasteiger partial charge in [-0.25, -0.2) is 0 Å². The number of carbonyl (C=O) groups is 1. The van der Waals surface area contributed by atoms with Crippen LogP contribution in [0.5, 0.6) is 0 Å². The maximum absolute atomic E-state index is 12.9. The number of aromatic nitrogens is 4. The number of hydrogen-bond donors (Lipinski definition) is 0. The second-order valence-corrected chi connectivity index (χ2v) is 8.44. The summed E-state index contributed by atoms with van der Waals surface area (Å²) >= 11 is 7.61. The van der Waals surface area contributed by atoms with Crippen molar-refractivity contribution < 1.29 is 9.53 Å². The van der Waals surface area contributed by atoms with Crippen molar-refractivity contribution in [2.24, 2.45) is 0 Å². The van der Waals surface area contributed by atoms with Crippen molar-refractivity contribution in [2.45, 2.75) is 38.9 Å². The lowest BCUT2D eigenvalue weighted by Gasteiger charge is -2.17. The van der Waals surface area contributed by atoms with E-state index in [2.05, 4.69) is 21.7 Å². The second-order valence-electron chi connectivity index (χ2n) is 7.09. The van der Waals surface area contributed by atoms with Gasteiger partial charge in [-0.3, -0.25) is 9.36 Å². The Labute approximate surface area is 180 Å².